The van der Waals surface area contributed by atoms with E-state index < -0.39 is 0 Å². The van der Waals surface area contributed by atoms with Crippen LogP contribution in [0.4, 0.5) is 0 Å². The average molecular weight is 369 g/mol. The van der Waals surface area contributed by atoms with Gasteiger partial charge < -0.3 is 10.1 Å². The Bertz CT molecular complexity index is 1000. The van der Waals surface area contributed by atoms with Crippen LogP contribution in [-0.4, -0.2) is 64.4 Å². The Kier molecular flexibility index (Phi) is 5.17. The second kappa shape index (κ2) is 7.89. The maximum absolute atomic E-state index is 12.7. The quantitative estimate of drug-likeness (QED) is 0.640. The Morgan fingerprint density at radius 2 is 2.00 bits per heavy atom. The summed E-state index contributed by atoms with van der Waals surface area (Å²) < 4.78 is 8.29. The summed E-state index contributed by atoms with van der Waals surface area (Å²) in [5.41, 5.74) is 1.18. The van der Waals surface area contributed by atoms with E-state index in [9.17, 15) is 9.59 Å². The molecule has 1 fully saturated rings. The molecule has 3 aromatic rings. The van der Waals surface area contributed by atoms with Gasteiger partial charge >= 0.3 is 0 Å². The summed E-state index contributed by atoms with van der Waals surface area (Å²) in [4.78, 5) is 27.2. The van der Waals surface area contributed by atoms with Gasteiger partial charge in [-0.25, -0.2) is 4.68 Å². The zero-order chi connectivity index (χ0) is 18.6. The number of hydrogen-bond acceptors (Lipinski definition) is 5. The first-order chi connectivity index (χ1) is 13.2. The van der Waals surface area contributed by atoms with E-state index in [1.54, 1.807) is 10.7 Å². The first kappa shape index (κ1) is 17.7. The topological polar surface area (TPSA) is 80.9 Å². The van der Waals surface area contributed by atoms with E-state index in [1.165, 1.54) is 4.68 Å². The lowest BCUT2D eigenvalue weighted by Crippen LogP contribution is -2.39. The molecule has 0 spiro atoms. The number of rotatable bonds is 6. The van der Waals surface area contributed by atoms with E-state index in [1.807, 2.05) is 30.3 Å². The molecule has 1 aromatic carbocycles. The van der Waals surface area contributed by atoms with E-state index in [2.05, 4.69) is 15.3 Å². The number of carbonyl (C=O) groups is 1. The molecule has 27 heavy (non-hydrogen) atoms. The SMILES string of the molecule is O=C(Cn1ncn2c(cc3ccccc32)c1=O)NCCCN1CCOCC1. The molecule has 2 aromatic heterocycles. The van der Waals surface area contributed by atoms with Crippen molar-refractivity contribution in [1.29, 1.82) is 0 Å². The summed E-state index contributed by atoms with van der Waals surface area (Å²) in [5.74, 6) is -0.202. The van der Waals surface area contributed by atoms with Crippen molar-refractivity contribution in [1.82, 2.24) is 24.4 Å². The summed E-state index contributed by atoms with van der Waals surface area (Å²) in [6, 6.07) is 9.57. The number of para-hydroxylation sites is 1. The van der Waals surface area contributed by atoms with Crippen LogP contribution in [0.15, 0.2) is 41.5 Å². The summed E-state index contributed by atoms with van der Waals surface area (Å²) in [6.07, 6.45) is 2.46. The summed E-state index contributed by atoms with van der Waals surface area (Å²) in [6.45, 7) is 4.88. The van der Waals surface area contributed by atoms with Crippen LogP contribution in [0.25, 0.3) is 16.4 Å². The summed E-state index contributed by atoms with van der Waals surface area (Å²) in [5, 5.41) is 8.00. The van der Waals surface area contributed by atoms with Crippen molar-refractivity contribution in [3.63, 3.8) is 0 Å². The molecule has 142 valence electrons. The molecule has 4 rings (SSSR count). The van der Waals surface area contributed by atoms with Gasteiger partial charge in [-0.05, 0) is 25.1 Å². The van der Waals surface area contributed by atoms with E-state index in [4.69, 9.17) is 4.74 Å². The van der Waals surface area contributed by atoms with E-state index in [0.29, 0.717) is 12.1 Å². The van der Waals surface area contributed by atoms with Crippen molar-refractivity contribution in [2.24, 2.45) is 0 Å². The van der Waals surface area contributed by atoms with Crippen LogP contribution in [0.3, 0.4) is 0 Å². The van der Waals surface area contributed by atoms with Crippen molar-refractivity contribution in [2.45, 2.75) is 13.0 Å². The van der Waals surface area contributed by atoms with Gasteiger partial charge in [0.05, 0.1) is 18.7 Å². The van der Waals surface area contributed by atoms with Crippen molar-refractivity contribution in [2.75, 3.05) is 39.4 Å². The standard InChI is InChI=1S/C19H23N5O3/c25-18(20-6-3-7-22-8-10-27-11-9-22)13-24-19(26)17-12-15-4-1-2-5-16(15)23(17)14-21-24/h1-2,4-5,12,14H,3,6-11,13H2,(H,20,25). The Hall–Kier alpha value is -2.71. The highest BCUT2D eigenvalue weighted by Gasteiger charge is 2.12. The van der Waals surface area contributed by atoms with Gasteiger partial charge in [-0.3, -0.25) is 18.9 Å². The molecule has 1 amide bonds. The monoisotopic (exact) mass is 369 g/mol. The van der Waals surface area contributed by atoms with Gasteiger partial charge in [0.2, 0.25) is 5.91 Å². The highest BCUT2D eigenvalue weighted by atomic mass is 16.5. The van der Waals surface area contributed by atoms with Crippen LogP contribution in [0, 0.1) is 0 Å². The van der Waals surface area contributed by atoms with Crippen LogP contribution in [0.5, 0.6) is 0 Å². The molecule has 8 heteroatoms. The fraction of sp³-hybridized carbons (Fsp3) is 0.421. The second-order valence-electron chi connectivity index (χ2n) is 6.71. The number of aromatic nitrogens is 3. The Labute approximate surface area is 156 Å². The van der Waals surface area contributed by atoms with E-state index >= 15 is 0 Å². The third-order valence-electron chi connectivity index (χ3n) is 4.88. The number of fused-ring (bicyclic) bond motifs is 3. The number of amides is 1. The molecular formula is C19H23N5O3. The Morgan fingerprint density at radius 3 is 2.85 bits per heavy atom. The normalized spacial score (nSPS) is 15.4. The molecule has 1 aliphatic heterocycles. The predicted octanol–water partition coefficient (Wildman–Crippen LogP) is 0.488. The minimum absolute atomic E-state index is 0.0750. The molecule has 3 heterocycles. The van der Waals surface area contributed by atoms with Gasteiger partial charge in [-0.1, -0.05) is 18.2 Å². The van der Waals surface area contributed by atoms with Gasteiger partial charge in [0.1, 0.15) is 18.4 Å². The molecule has 0 radical (unpaired) electrons. The van der Waals surface area contributed by atoms with Gasteiger partial charge in [0.15, 0.2) is 0 Å². The van der Waals surface area contributed by atoms with Crippen LogP contribution in [-0.2, 0) is 16.1 Å². The fourth-order valence-electron chi connectivity index (χ4n) is 3.42. The second-order valence-corrected chi connectivity index (χ2v) is 6.71. The molecule has 1 saturated heterocycles. The minimum atomic E-state index is -0.267. The van der Waals surface area contributed by atoms with E-state index in [-0.39, 0.29) is 18.0 Å². The number of hydrogen-bond donors (Lipinski definition) is 1. The van der Waals surface area contributed by atoms with Crippen LogP contribution in [0.1, 0.15) is 6.42 Å². The largest absolute Gasteiger partial charge is 0.379 e. The lowest BCUT2D eigenvalue weighted by atomic mass is 10.2. The van der Waals surface area contributed by atoms with Crippen molar-refractivity contribution >= 4 is 22.3 Å². The summed E-state index contributed by atoms with van der Waals surface area (Å²) in [7, 11) is 0. The number of carbonyl (C=O) groups excluding carboxylic acids is 1. The number of nitrogens with zero attached hydrogens (tertiary/aromatic N) is 4. The minimum Gasteiger partial charge on any atom is -0.379 e. The lowest BCUT2D eigenvalue weighted by Gasteiger charge is -2.26. The Balaban J connectivity index is 1.36. The van der Waals surface area contributed by atoms with E-state index in [0.717, 1.165) is 50.2 Å². The van der Waals surface area contributed by atoms with Crippen LogP contribution >= 0.6 is 0 Å². The molecule has 1 N–H and O–H groups in total. The smallest absolute Gasteiger partial charge is 0.291 e. The number of nitrogens with one attached hydrogen (secondary N) is 1. The van der Waals surface area contributed by atoms with Gasteiger partial charge in [0, 0.05) is 25.0 Å². The van der Waals surface area contributed by atoms with Gasteiger partial charge in [-0.2, -0.15) is 5.10 Å². The number of ether oxygens (including phenoxy) is 1. The zero-order valence-corrected chi connectivity index (χ0v) is 15.1. The zero-order valence-electron chi connectivity index (χ0n) is 15.1. The number of benzene rings is 1. The first-order valence-corrected chi connectivity index (χ1v) is 9.25. The fourth-order valence-corrected chi connectivity index (χ4v) is 3.42. The molecule has 0 unspecified atom stereocenters. The van der Waals surface area contributed by atoms with Crippen molar-refractivity contribution in [3.8, 4) is 0 Å². The highest BCUT2D eigenvalue weighted by molar-refractivity contribution is 5.86. The third-order valence-corrected chi connectivity index (χ3v) is 4.88. The Morgan fingerprint density at radius 1 is 1.19 bits per heavy atom. The molecule has 8 nitrogen and oxygen atoms in total. The van der Waals surface area contributed by atoms with Crippen molar-refractivity contribution < 1.29 is 9.53 Å². The predicted molar refractivity (Wildman–Crippen MR) is 102 cm³/mol. The van der Waals surface area contributed by atoms with Gasteiger partial charge in [-0.15, -0.1) is 0 Å². The van der Waals surface area contributed by atoms with Gasteiger partial charge in [0.25, 0.3) is 5.56 Å². The first-order valence-electron chi connectivity index (χ1n) is 9.25. The molecule has 0 atom stereocenters. The van der Waals surface area contributed by atoms with Crippen LogP contribution < -0.4 is 10.9 Å². The van der Waals surface area contributed by atoms with Crippen LogP contribution in [0.2, 0.25) is 0 Å². The maximum atomic E-state index is 12.7. The lowest BCUT2D eigenvalue weighted by molar-refractivity contribution is -0.121. The molecular weight excluding hydrogens is 346 g/mol. The molecule has 1 aliphatic rings. The average Bonchev–Trinajstić information content (AvgIpc) is 3.08. The molecule has 0 aliphatic carbocycles. The molecule has 0 bridgehead atoms. The maximum Gasteiger partial charge on any atom is 0.291 e. The highest BCUT2D eigenvalue weighted by Crippen LogP contribution is 2.16. The van der Waals surface area contributed by atoms with Crippen molar-refractivity contribution in [3.05, 3.63) is 47.0 Å². The number of morpholine rings is 1. The molecule has 0 saturated carbocycles. The third kappa shape index (κ3) is 3.86. The summed E-state index contributed by atoms with van der Waals surface area (Å²) >= 11 is 0.